The molecule has 0 amide bonds. The Hall–Kier alpha value is 0.0969. The summed E-state index contributed by atoms with van der Waals surface area (Å²) >= 11 is 0. The van der Waals surface area contributed by atoms with Crippen molar-refractivity contribution in [1.82, 2.24) is 0 Å². The fourth-order valence-corrected chi connectivity index (χ4v) is 2.29. The van der Waals surface area contributed by atoms with Gasteiger partial charge in [0.1, 0.15) is 5.41 Å². The molecule has 0 aromatic carbocycles. The second-order valence-corrected chi connectivity index (χ2v) is 6.39. The Balaban J connectivity index is 4.17. The van der Waals surface area contributed by atoms with E-state index in [0.717, 1.165) is 23.1 Å². The predicted molar refractivity (Wildman–Crippen MR) is 68.0 cm³/mol. The van der Waals surface area contributed by atoms with E-state index < -0.39 is 0 Å². The third-order valence-corrected chi connectivity index (χ3v) is 3.79. The smallest absolute Gasteiger partial charge is 0.141 e. The summed E-state index contributed by atoms with van der Waals surface area (Å²) in [6.45, 7) is 10.5. The summed E-state index contributed by atoms with van der Waals surface area (Å²) in [6, 6.07) is 0. The molecule has 92 valence electrons. The van der Waals surface area contributed by atoms with Crippen molar-refractivity contribution < 1.29 is 9.47 Å². The molecule has 0 unspecified atom stereocenters. The Morgan fingerprint density at radius 3 is 1.87 bits per heavy atom. The molecule has 15 heavy (non-hydrogen) atoms. The Morgan fingerprint density at radius 2 is 1.53 bits per heavy atom. The lowest BCUT2D eigenvalue weighted by Gasteiger charge is -2.33. The van der Waals surface area contributed by atoms with Crippen LogP contribution in [0.25, 0.3) is 0 Å². The van der Waals surface area contributed by atoms with E-state index in [1.165, 1.54) is 0 Å². The minimum Gasteiger partial charge on any atom is -0.355 e. The zero-order valence-corrected chi connectivity index (χ0v) is 12.9. The predicted octanol–water partition coefficient (Wildman–Crippen LogP) is 0.844. The second kappa shape index (κ2) is 6.63. The minimum absolute atomic E-state index is 0.184. The molecule has 0 radical (unpaired) electrons. The maximum Gasteiger partial charge on any atom is 0.141 e. The van der Waals surface area contributed by atoms with Gasteiger partial charge in [-0.15, -0.1) is 0 Å². The first-order chi connectivity index (χ1) is 6.89. The van der Waals surface area contributed by atoms with Crippen LogP contribution in [0.4, 0.5) is 0 Å². The molecular formula is C11H27NO2Si. The van der Waals surface area contributed by atoms with E-state index in [4.69, 9.17) is 15.2 Å². The van der Waals surface area contributed by atoms with Crippen molar-refractivity contribution in [2.45, 2.75) is 45.9 Å². The lowest BCUT2D eigenvalue weighted by molar-refractivity contribution is -0.179. The van der Waals surface area contributed by atoms with Crippen molar-refractivity contribution in [3.05, 3.63) is 0 Å². The molecule has 0 aliphatic rings. The zero-order valence-electron chi connectivity index (χ0n) is 10.9. The molecule has 3 nitrogen and oxygen atoms in total. The van der Waals surface area contributed by atoms with Crippen LogP contribution in [0.3, 0.4) is 0 Å². The minimum atomic E-state index is -0.310. The first-order valence-electron chi connectivity index (χ1n) is 5.87. The highest BCUT2D eigenvalue weighted by atomic mass is 28.1. The molecular weight excluding hydrogens is 206 g/mol. The highest BCUT2D eigenvalue weighted by Crippen LogP contribution is 2.26. The first kappa shape index (κ1) is 15.1. The van der Waals surface area contributed by atoms with E-state index in [0.29, 0.717) is 19.8 Å². The van der Waals surface area contributed by atoms with Gasteiger partial charge in [0.2, 0.25) is 0 Å². The standard InChI is InChI=1S/C11H27NO2Si/c1-5-13-11(15,14-6-2)8-7-10(3,4)9-12/h5-9,12H2,1-4,15H3. The zero-order chi connectivity index (χ0) is 11.9. The summed E-state index contributed by atoms with van der Waals surface area (Å²) in [6.07, 6.45) is 2.00. The fraction of sp³-hybridized carbons (Fsp3) is 1.00. The molecule has 0 aliphatic carbocycles. The van der Waals surface area contributed by atoms with Gasteiger partial charge in [0, 0.05) is 13.2 Å². The molecule has 0 spiro atoms. The normalized spacial score (nSPS) is 13.4. The lowest BCUT2D eigenvalue weighted by Crippen LogP contribution is -2.39. The van der Waals surface area contributed by atoms with Gasteiger partial charge in [-0.2, -0.15) is 0 Å². The lowest BCUT2D eigenvalue weighted by atomic mass is 9.88. The van der Waals surface area contributed by atoms with E-state index >= 15 is 0 Å². The number of hydrogen-bond acceptors (Lipinski definition) is 3. The average Bonchev–Trinajstić information content (AvgIpc) is 2.16. The van der Waals surface area contributed by atoms with Gasteiger partial charge in [-0.25, -0.2) is 0 Å². The van der Waals surface area contributed by atoms with Crippen molar-refractivity contribution >= 4 is 10.2 Å². The van der Waals surface area contributed by atoms with E-state index in [1.54, 1.807) is 0 Å². The van der Waals surface area contributed by atoms with Crippen LogP contribution in [0.1, 0.15) is 40.5 Å². The quantitative estimate of drug-likeness (QED) is 0.499. The average molecular weight is 233 g/mol. The molecule has 0 aliphatic heterocycles. The maximum absolute atomic E-state index is 5.71. The summed E-state index contributed by atoms with van der Waals surface area (Å²) in [5.41, 5.74) is 5.59. The molecule has 4 heteroatoms. The first-order valence-corrected chi connectivity index (χ1v) is 6.87. The van der Waals surface area contributed by atoms with Gasteiger partial charge < -0.3 is 15.2 Å². The van der Waals surface area contributed by atoms with Crippen LogP contribution < -0.4 is 5.73 Å². The maximum atomic E-state index is 5.71. The van der Waals surface area contributed by atoms with E-state index in [9.17, 15) is 0 Å². The molecule has 0 saturated carbocycles. The highest BCUT2D eigenvalue weighted by Gasteiger charge is 2.27. The van der Waals surface area contributed by atoms with Crippen molar-refractivity contribution in [3.63, 3.8) is 0 Å². The summed E-state index contributed by atoms with van der Waals surface area (Å²) < 4.78 is 11.4. The van der Waals surface area contributed by atoms with E-state index in [-0.39, 0.29) is 10.8 Å². The monoisotopic (exact) mass is 233 g/mol. The molecule has 0 aromatic rings. The summed E-state index contributed by atoms with van der Waals surface area (Å²) in [5.74, 6) is 0. The SMILES string of the molecule is CCOC([SiH3])(CCC(C)(C)CN)OCC. The summed E-state index contributed by atoms with van der Waals surface area (Å²) in [7, 11) is 0.898. The largest absolute Gasteiger partial charge is 0.355 e. The third kappa shape index (κ3) is 6.30. The van der Waals surface area contributed by atoms with E-state index in [2.05, 4.69) is 13.8 Å². The van der Waals surface area contributed by atoms with Gasteiger partial charge in [-0.1, -0.05) is 13.8 Å². The summed E-state index contributed by atoms with van der Waals surface area (Å²) in [4.78, 5) is 0. The number of rotatable bonds is 8. The molecule has 0 aromatic heterocycles. The van der Waals surface area contributed by atoms with Crippen LogP contribution >= 0.6 is 0 Å². The van der Waals surface area contributed by atoms with Gasteiger partial charge in [0.05, 0.1) is 10.2 Å². The van der Waals surface area contributed by atoms with Gasteiger partial charge >= 0.3 is 0 Å². The number of ether oxygens (including phenoxy) is 2. The van der Waals surface area contributed by atoms with Crippen molar-refractivity contribution in [3.8, 4) is 0 Å². The van der Waals surface area contributed by atoms with Gasteiger partial charge in [0.15, 0.2) is 0 Å². The van der Waals surface area contributed by atoms with Gasteiger partial charge in [0.25, 0.3) is 0 Å². The van der Waals surface area contributed by atoms with Crippen molar-refractivity contribution in [2.24, 2.45) is 11.1 Å². The molecule has 0 heterocycles. The molecule has 0 atom stereocenters. The van der Waals surface area contributed by atoms with Crippen LogP contribution in [0, 0.1) is 5.41 Å². The Labute approximate surface area is 97.1 Å². The summed E-state index contributed by atoms with van der Waals surface area (Å²) in [5, 5.41) is 0. The molecule has 2 N–H and O–H groups in total. The molecule has 0 rings (SSSR count). The van der Waals surface area contributed by atoms with Crippen molar-refractivity contribution in [1.29, 1.82) is 0 Å². The fourth-order valence-electron chi connectivity index (χ4n) is 1.46. The Kier molecular flexibility index (Phi) is 6.67. The Morgan fingerprint density at radius 1 is 1.07 bits per heavy atom. The number of hydrogen-bond donors (Lipinski definition) is 1. The third-order valence-electron chi connectivity index (χ3n) is 2.71. The molecule has 0 fully saturated rings. The second-order valence-electron chi connectivity index (χ2n) is 4.87. The van der Waals surface area contributed by atoms with Crippen LogP contribution in [-0.2, 0) is 9.47 Å². The van der Waals surface area contributed by atoms with Crippen LogP contribution in [-0.4, -0.2) is 35.4 Å². The van der Waals surface area contributed by atoms with Crippen LogP contribution in [0.5, 0.6) is 0 Å². The van der Waals surface area contributed by atoms with E-state index in [1.807, 2.05) is 13.8 Å². The van der Waals surface area contributed by atoms with Gasteiger partial charge in [-0.05, 0) is 38.6 Å². The molecule has 0 bridgehead atoms. The Bertz CT molecular complexity index is 168. The van der Waals surface area contributed by atoms with Gasteiger partial charge in [-0.3, -0.25) is 0 Å². The van der Waals surface area contributed by atoms with Crippen LogP contribution in [0.2, 0.25) is 0 Å². The van der Waals surface area contributed by atoms with Crippen LogP contribution in [0.15, 0.2) is 0 Å². The topological polar surface area (TPSA) is 44.5 Å². The molecule has 0 saturated heterocycles. The highest BCUT2D eigenvalue weighted by molar-refractivity contribution is 6.13. The van der Waals surface area contributed by atoms with Crippen molar-refractivity contribution in [2.75, 3.05) is 19.8 Å². The number of nitrogens with two attached hydrogens (primary N) is 1.